The Labute approximate surface area is 177 Å². The number of thiocarbonyl (C=S) groups is 1. The monoisotopic (exact) mass is 422 g/mol. The Balaban J connectivity index is 1.54. The van der Waals surface area contributed by atoms with Gasteiger partial charge in [-0.1, -0.05) is 30.3 Å². The van der Waals surface area contributed by atoms with Gasteiger partial charge in [0.15, 0.2) is 5.11 Å². The lowest BCUT2D eigenvalue weighted by Gasteiger charge is -2.10. The molecule has 0 saturated carbocycles. The van der Waals surface area contributed by atoms with Crippen LogP contribution in [0.25, 0.3) is 17.0 Å². The van der Waals surface area contributed by atoms with Crippen LogP contribution in [0.2, 0.25) is 0 Å². The van der Waals surface area contributed by atoms with Crippen LogP contribution < -0.4 is 26.5 Å². The van der Waals surface area contributed by atoms with Crippen LogP contribution in [-0.4, -0.2) is 24.0 Å². The van der Waals surface area contributed by atoms with Gasteiger partial charge in [0, 0.05) is 11.5 Å². The van der Waals surface area contributed by atoms with Crippen LogP contribution in [0.3, 0.4) is 0 Å². The molecule has 0 aliphatic rings. The summed E-state index contributed by atoms with van der Waals surface area (Å²) in [7, 11) is 1.57. The van der Waals surface area contributed by atoms with Crippen LogP contribution in [-0.2, 0) is 4.79 Å². The van der Waals surface area contributed by atoms with Gasteiger partial charge in [0.2, 0.25) is 11.5 Å². The first-order valence-corrected chi connectivity index (χ1v) is 9.18. The largest absolute Gasteiger partial charge is 0.497 e. The lowest BCUT2D eigenvalue weighted by Crippen LogP contribution is -2.48. The Morgan fingerprint density at radius 2 is 1.83 bits per heavy atom. The maximum Gasteiger partial charge on any atom is 0.275 e. The van der Waals surface area contributed by atoms with E-state index in [0.29, 0.717) is 16.7 Å². The molecule has 3 rings (SSSR count). The van der Waals surface area contributed by atoms with Crippen molar-refractivity contribution in [1.82, 2.24) is 16.2 Å². The highest BCUT2D eigenvalue weighted by Crippen LogP contribution is 2.13. The molecule has 1 heterocycles. The minimum absolute atomic E-state index is 0.0229. The zero-order valence-corrected chi connectivity index (χ0v) is 16.7. The lowest BCUT2D eigenvalue weighted by molar-refractivity contribution is -0.115. The molecule has 2 aromatic carbocycles. The average molecular weight is 422 g/mol. The molecule has 0 spiro atoms. The Morgan fingerprint density at radius 3 is 2.57 bits per heavy atom. The van der Waals surface area contributed by atoms with Crippen LogP contribution in [0.15, 0.2) is 65.1 Å². The first-order chi connectivity index (χ1) is 14.5. The Morgan fingerprint density at radius 1 is 1.10 bits per heavy atom. The van der Waals surface area contributed by atoms with Crippen molar-refractivity contribution in [3.63, 3.8) is 0 Å². The molecule has 3 aromatic rings. The Kier molecular flexibility index (Phi) is 6.56. The highest BCUT2D eigenvalue weighted by atomic mass is 32.1. The maximum absolute atomic E-state index is 12.3. The number of rotatable bonds is 4. The van der Waals surface area contributed by atoms with Crippen molar-refractivity contribution in [1.29, 1.82) is 5.41 Å². The topological polar surface area (TPSA) is 116 Å². The van der Waals surface area contributed by atoms with E-state index in [0.717, 1.165) is 5.56 Å². The van der Waals surface area contributed by atoms with E-state index in [1.165, 1.54) is 12.1 Å². The van der Waals surface area contributed by atoms with E-state index in [1.807, 2.05) is 0 Å². The van der Waals surface area contributed by atoms with Gasteiger partial charge in [-0.3, -0.25) is 31.2 Å². The number of carbonyl (C=O) groups is 2. The predicted octanol–water partition coefficient (Wildman–Crippen LogP) is 2.27. The van der Waals surface area contributed by atoms with Crippen molar-refractivity contribution in [3.8, 4) is 5.75 Å². The molecule has 1 aromatic heterocycles. The average Bonchev–Trinajstić information content (AvgIpc) is 2.76. The van der Waals surface area contributed by atoms with Crippen molar-refractivity contribution < 1.29 is 18.7 Å². The van der Waals surface area contributed by atoms with Gasteiger partial charge in [0.25, 0.3) is 5.91 Å². The van der Waals surface area contributed by atoms with Crippen molar-refractivity contribution in [2.75, 3.05) is 7.11 Å². The summed E-state index contributed by atoms with van der Waals surface area (Å²) < 4.78 is 10.4. The number of amides is 2. The predicted molar refractivity (Wildman–Crippen MR) is 115 cm³/mol. The molecule has 0 fully saturated rings. The van der Waals surface area contributed by atoms with Crippen LogP contribution in [0.5, 0.6) is 5.75 Å². The van der Waals surface area contributed by atoms with Gasteiger partial charge in [0.1, 0.15) is 16.9 Å². The van der Waals surface area contributed by atoms with Gasteiger partial charge < -0.3 is 9.15 Å². The van der Waals surface area contributed by atoms with Crippen molar-refractivity contribution in [2.45, 2.75) is 0 Å². The third kappa shape index (κ3) is 5.30. The Hall–Kier alpha value is -3.98. The SMILES string of the molecule is COc1ccc(/C=C/C(=O)NC(=S)NNC(=O)c2cc3ccccc3oc2=N)cc1. The molecule has 4 N–H and O–H groups in total. The van der Waals surface area contributed by atoms with E-state index in [9.17, 15) is 9.59 Å². The summed E-state index contributed by atoms with van der Waals surface area (Å²) >= 11 is 4.99. The molecule has 0 radical (unpaired) electrons. The third-order valence-electron chi connectivity index (χ3n) is 3.99. The molecule has 0 aliphatic heterocycles. The first-order valence-electron chi connectivity index (χ1n) is 8.77. The quantitative estimate of drug-likeness (QED) is 0.291. The molecular weight excluding hydrogens is 404 g/mol. The molecule has 152 valence electrons. The summed E-state index contributed by atoms with van der Waals surface area (Å²) in [6, 6.07) is 15.7. The van der Waals surface area contributed by atoms with E-state index in [1.54, 1.807) is 61.7 Å². The minimum atomic E-state index is -0.625. The summed E-state index contributed by atoms with van der Waals surface area (Å²) in [5.41, 5.74) is 5.80. The van der Waals surface area contributed by atoms with Crippen molar-refractivity contribution >= 4 is 46.2 Å². The van der Waals surface area contributed by atoms with Gasteiger partial charge in [-0.05, 0) is 48.1 Å². The molecule has 0 bridgehead atoms. The second kappa shape index (κ2) is 9.48. The number of benzene rings is 2. The van der Waals surface area contributed by atoms with E-state index < -0.39 is 11.8 Å². The van der Waals surface area contributed by atoms with E-state index in [4.69, 9.17) is 26.8 Å². The molecule has 2 amide bonds. The molecule has 0 saturated heterocycles. The summed E-state index contributed by atoms with van der Waals surface area (Å²) in [4.78, 5) is 24.3. The number of hydrogen-bond donors (Lipinski definition) is 4. The molecule has 8 nitrogen and oxygen atoms in total. The number of carbonyl (C=O) groups excluding carboxylic acids is 2. The van der Waals surface area contributed by atoms with Gasteiger partial charge >= 0.3 is 0 Å². The zero-order chi connectivity index (χ0) is 21.5. The van der Waals surface area contributed by atoms with Gasteiger partial charge in [-0.25, -0.2) is 0 Å². The molecule has 0 unspecified atom stereocenters. The number of hydrogen-bond acceptors (Lipinski definition) is 6. The number of methoxy groups -OCH3 is 1. The maximum atomic E-state index is 12.3. The van der Waals surface area contributed by atoms with E-state index in [2.05, 4.69) is 16.2 Å². The molecule has 30 heavy (non-hydrogen) atoms. The smallest absolute Gasteiger partial charge is 0.275 e. The summed E-state index contributed by atoms with van der Waals surface area (Å²) in [5.74, 6) is -0.382. The second-order valence-corrected chi connectivity index (χ2v) is 6.44. The van der Waals surface area contributed by atoms with E-state index in [-0.39, 0.29) is 16.2 Å². The van der Waals surface area contributed by atoms with Crippen molar-refractivity contribution in [2.24, 2.45) is 0 Å². The van der Waals surface area contributed by atoms with Crippen LogP contribution >= 0.6 is 12.2 Å². The number of hydrazine groups is 1. The number of para-hydroxylation sites is 1. The van der Waals surface area contributed by atoms with Gasteiger partial charge in [-0.2, -0.15) is 0 Å². The fraction of sp³-hybridized carbons (Fsp3) is 0.0476. The van der Waals surface area contributed by atoms with Gasteiger partial charge in [-0.15, -0.1) is 0 Å². The zero-order valence-electron chi connectivity index (χ0n) is 15.9. The number of nitrogens with one attached hydrogen (secondary N) is 4. The Bertz CT molecular complexity index is 1190. The van der Waals surface area contributed by atoms with Gasteiger partial charge in [0.05, 0.1) is 7.11 Å². The fourth-order valence-electron chi connectivity index (χ4n) is 2.50. The highest BCUT2D eigenvalue weighted by Gasteiger charge is 2.12. The second-order valence-electron chi connectivity index (χ2n) is 6.03. The van der Waals surface area contributed by atoms with E-state index >= 15 is 0 Å². The van der Waals surface area contributed by atoms with Crippen LogP contribution in [0, 0.1) is 5.41 Å². The molecule has 0 aliphatic carbocycles. The first kappa shape index (κ1) is 20.7. The summed E-state index contributed by atoms with van der Waals surface area (Å²) in [6.45, 7) is 0. The van der Waals surface area contributed by atoms with Crippen LogP contribution in [0.4, 0.5) is 0 Å². The number of ether oxygens (including phenoxy) is 1. The van der Waals surface area contributed by atoms with Crippen molar-refractivity contribution in [3.05, 3.63) is 77.4 Å². The lowest BCUT2D eigenvalue weighted by atomic mass is 10.2. The molecular formula is C21H18N4O4S. The third-order valence-corrected chi connectivity index (χ3v) is 4.19. The summed E-state index contributed by atoms with van der Waals surface area (Å²) in [5, 5.41) is 10.9. The van der Waals surface area contributed by atoms with Crippen LogP contribution in [0.1, 0.15) is 15.9 Å². The molecule has 0 atom stereocenters. The fourth-order valence-corrected chi connectivity index (χ4v) is 2.65. The standard InChI is InChI=1S/C21H18N4O4S/c1-28-15-9-6-13(7-10-15)8-11-18(26)23-21(30)25-24-20(27)16-12-14-4-2-3-5-17(14)29-19(16)22/h2-12,22H,1H3,(H,24,27)(H2,23,25,26,30)/b11-8+,22-19?. The molecule has 9 heteroatoms. The highest BCUT2D eigenvalue weighted by molar-refractivity contribution is 7.80. The normalized spacial score (nSPS) is 10.6. The summed E-state index contributed by atoms with van der Waals surface area (Å²) in [6.07, 6.45) is 2.92. The minimum Gasteiger partial charge on any atom is -0.497 e. The number of fused-ring (bicyclic) bond motifs is 1.